The summed E-state index contributed by atoms with van der Waals surface area (Å²) in [5.74, 6) is 1.54. The second-order valence-corrected chi connectivity index (χ2v) is 5.89. The van der Waals surface area contributed by atoms with Gasteiger partial charge in [-0.3, -0.25) is 4.79 Å². The molecule has 0 aliphatic rings. The van der Waals surface area contributed by atoms with Crippen LogP contribution in [0.4, 0.5) is 11.6 Å². The third-order valence-corrected chi connectivity index (χ3v) is 3.43. The number of nitrogens with one attached hydrogen (secondary N) is 2. The van der Waals surface area contributed by atoms with Gasteiger partial charge in [-0.2, -0.15) is 0 Å². The molecular formula is C18H24N4O4. The summed E-state index contributed by atoms with van der Waals surface area (Å²) in [6.45, 7) is 5.58. The number of carbonyl (C=O) groups excluding carboxylic acids is 1. The van der Waals surface area contributed by atoms with Crippen LogP contribution in [-0.4, -0.2) is 43.2 Å². The average Bonchev–Trinajstić information content (AvgIpc) is 2.59. The van der Waals surface area contributed by atoms with Crippen molar-refractivity contribution in [3.63, 3.8) is 0 Å². The van der Waals surface area contributed by atoms with Gasteiger partial charge >= 0.3 is 0 Å². The van der Waals surface area contributed by atoms with E-state index in [0.717, 1.165) is 0 Å². The summed E-state index contributed by atoms with van der Waals surface area (Å²) in [5.41, 5.74) is 1.60. The largest absolute Gasteiger partial charge is 0.493 e. The third-order valence-electron chi connectivity index (χ3n) is 3.43. The highest BCUT2D eigenvalue weighted by Gasteiger charge is 2.15. The molecule has 2 N–H and O–H groups in total. The number of aromatic nitrogens is 2. The molecule has 26 heavy (non-hydrogen) atoms. The van der Waals surface area contributed by atoms with Gasteiger partial charge in [0.05, 0.1) is 21.3 Å². The van der Waals surface area contributed by atoms with Crippen LogP contribution in [0.1, 0.15) is 30.0 Å². The van der Waals surface area contributed by atoms with Crippen molar-refractivity contribution in [2.24, 2.45) is 0 Å². The Hall–Kier alpha value is -3.03. The van der Waals surface area contributed by atoms with Gasteiger partial charge in [-0.15, -0.1) is 0 Å². The van der Waals surface area contributed by atoms with E-state index in [1.165, 1.54) is 7.11 Å². The molecule has 0 fully saturated rings. The lowest BCUT2D eigenvalue weighted by molar-refractivity contribution is 0.0938. The molecule has 8 nitrogen and oxygen atoms in total. The van der Waals surface area contributed by atoms with E-state index in [2.05, 4.69) is 20.6 Å². The highest BCUT2D eigenvalue weighted by Crippen LogP contribution is 2.40. The molecule has 0 radical (unpaired) electrons. The van der Waals surface area contributed by atoms with Gasteiger partial charge in [-0.05, 0) is 26.8 Å². The van der Waals surface area contributed by atoms with Gasteiger partial charge in [0.2, 0.25) is 11.7 Å². The number of methoxy groups -OCH3 is 3. The van der Waals surface area contributed by atoms with Crippen LogP contribution in [0.25, 0.3) is 0 Å². The minimum atomic E-state index is -0.251. The van der Waals surface area contributed by atoms with E-state index < -0.39 is 0 Å². The van der Waals surface area contributed by atoms with Crippen molar-refractivity contribution in [2.75, 3.05) is 26.6 Å². The summed E-state index contributed by atoms with van der Waals surface area (Å²) in [7, 11) is 4.62. The normalized spacial score (nSPS) is 10.4. The van der Waals surface area contributed by atoms with Crippen LogP contribution >= 0.6 is 0 Å². The molecule has 2 rings (SSSR count). The molecular weight excluding hydrogens is 336 g/mol. The van der Waals surface area contributed by atoms with Gasteiger partial charge < -0.3 is 24.8 Å². The third kappa shape index (κ3) is 4.53. The predicted octanol–water partition coefficient (Wildman–Crippen LogP) is 2.69. The standard InChI is InChI=1S/C18H24N4O4/c1-10(2)19-17(23)13-7-11(3)20-18(22-13)21-12-8-14(24-4)16(26-6)15(9-12)25-5/h7-10H,1-6H3,(H,19,23)(H,20,21,22). The summed E-state index contributed by atoms with van der Waals surface area (Å²) >= 11 is 0. The Labute approximate surface area is 152 Å². The van der Waals surface area contributed by atoms with Crippen molar-refractivity contribution in [3.05, 3.63) is 29.6 Å². The van der Waals surface area contributed by atoms with Gasteiger partial charge in [0.1, 0.15) is 5.69 Å². The molecule has 1 heterocycles. The van der Waals surface area contributed by atoms with Crippen molar-refractivity contribution in [1.29, 1.82) is 0 Å². The van der Waals surface area contributed by atoms with Gasteiger partial charge in [0.25, 0.3) is 5.91 Å². The molecule has 0 spiro atoms. The van der Waals surface area contributed by atoms with E-state index in [0.29, 0.717) is 40.3 Å². The summed E-state index contributed by atoms with van der Waals surface area (Å²) in [6.07, 6.45) is 0. The van der Waals surface area contributed by atoms with E-state index in [1.54, 1.807) is 39.3 Å². The zero-order chi connectivity index (χ0) is 19.3. The van der Waals surface area contributed by atoms with Gasteiger partial charge in [-0.1, -0.05) is 0 Å². The number of hydrogen-bond acceptors (Lipinski definition) is 7. The molecule has 0 unspecified atom stereocenters. The Morgan fingerprint density at radius 1 is 1.00 bits per heavy atom. The molecule has 1 aromatic heterocycles. The van der Waals surface area contributed by atoms with Gasteiger partial charge in [-0.25, -0.2) is 9.97 Å². The smallest absolute Gasteiger partial charge is 0.270 e. The molecule has 140 valence electrons. The van der Waals surface area contributed by atoms with Crippen molar-refractivity contribution in [2.45, 2.75) is 26.8 Å². The zero-order valence-electron chi connectivity index (χ0n) is 15.8. The summed E-state index contributed by atoms with van der Waals surface area (Å²) in [6, 6.07) is 5.13. The molecule has 8 heteroatoms. The Morgan fingerprint density at radius 2 is 1.62 bits per heavy atom. The number of aryl methyl sites for hydroxylation is 1. The highest BCUT2D eigenvalue weighted by atomic mass is 16.5. The molecule has 0 saturated carbocycles. The van der Waals surface area contributed by atoms with E-state index in [-0.39, 0.29) is 11.9 Å². The fourth-order valence-electron chi connectivity index (χ4n) is 2.36. The maximum atomic E-state index is 12.2. The lowest BCUT2D eigenvalue weighted by atomic mass is 10.2. The first-order valence-corrected chi connectivity index (χ1v) is 8.11. The van der Waals surface area contributed by atoms with E-state index in [4.69, 9.17) is 14.2 Å². The Morgan fingerprint density at radius 3 is 2.12 bits per heavy atom. The Kier molecular flexibility index (Phi) is 6.21. The molecule has 0 saturated heterocycles. The molecule has 0 bridgehead atoms. The Balaban J connectivity index is 2.36. The molecule has 0 aliphatic heterocycles. The SMILES string of the molecule is COc1cc(Nc2nc(C)cc(C(=O)NC(C)C)n2)cc(OC)c1OC. The quantitative estimate of drug-likeness (QED) is 0.784. The minimum Gasteiger partial charge on any atom is -0.493 e. The van der Waals surface area contributed by atoms with Crippen molar-refractivity contribution < 1.29 is 19.0 Å². The van der Waals surface area contributed by atoms with Crippen LogP contribution in [0.15, 0.2) is 18.2 Å². The number of anilines is 2. The number of hydrogen-bond donors (Lipinski definition) is 2. The number of rotatable bonds is 7. The topological polar surface area (TPSA) is 94.6 Å². The molecule has 1 aromatic carbocycles. The highest BCUT2D eigenvalue weighted by molar-refractivity contribution is 5.92. The lowest BCUT2D eigenvalue weighted by Gasteiger charge is -2.15. The number of benzene rings is 1. The molecule has 0 aliphatic carbocycles. The predicted molar refractivity (Wildman–Crippen MR) is 98.8 cm³/mol. The van der Waals surface area contributed by atoms with Crippen LogP contribution in [0, 0.1) is 6.92 Å². The molecule has 0 atom stereocenters. The van der Waals surface area contributed by atoms with Crippen LogP contribution in [0.5, 0.6) is 17.2 Å². The maximum Gasteiger partial charge on any atom is 0.270 e. The fourth-order valence-corrected chi connectivity index (χ4v) is 2.36. The number of nitrogens with zero attached hydrogens (tertiary/aromatic N) is 2. The van der Waals surface area contributed by atoms with E-state index in [9.17, 15) is 4.79 Å². The van der Waals surface area contributed by atoms with Gasteiger partial charge in [0, 0.05) is 29.6 Å². The Bertz CT molecular complexity index is 768. The number of amides is 1. The van der Waals surface area contributed by atoms with Crippen LogP contribution in [0.3, 0.4) is 0 Å². The second-order valence-electron chi connectivity index (χ2n) is 5.89. The second kappa shape index (κ2) is 8.37. The summed E-state index contributed by atoms with van der Waals surface area (Å²) < 4.78 is 16.0. The van der Waals surface area contributed by atoms with Crippen LogP contribution in [-0.2, 0) is 0 Å². The number of ether oxygens (including phenoxy) is 3. The first kappa shape index (κ1) is 19.3. The lowest BCUT2D eigenvalue weighted by Crippen LogP contribution is -2.31. The van der Waals surface area contributed by atoms with Crippen molar-refractivity contribution in [1.82, 2.24) is 15.3 Å². The fraction of sp³-hybridized carbons (Fsp3) is 0.389. The molecule has 2 aromatic rings. The van der Waals surface area contributed by atoms with E-state index >= 15 is 0 Å². The first-order chi connectivity index (χ1) is 12.4. The summed E-state index contributed by atoms with van der Waals surface area (Å²) in [4.78, 5) is 20.8. The van der Waals surface area contributed by atoms with Crippen molar-refractivity contribution >= 4 is 17.5 Å². The first-order valence-electron chi connectivity index (χ1n) is 8.11. The van der Waals surface area contributed by atoms with E-state index in [1.807, 2.05) is 13.8 Å². The minimum absolute atomic E-state index is 0.0179. The monoisotopic (exact) mass is 360 g/mol. The average molecular weight is 360 g/mol. The maximum absolute atomic E-state index is 12.2. The summed E-state index contributed by atoms with van der Waals surface area (Å²) in [5, 5.41) is 5.89. The zero-order valence-corrected chi connectivity index (χ0v) is 15.8. The van der Waals surface area contributed by atoms with Crippen molar-refractivity contribution in [3.8, 4) is 17.2 Å². The van der Waals surface area contributed by atoms with Gasteiger partial charge in [0.15, 0.2) is 11.5 Å². The van der Waals surface area contributed by atoms with Crippen LogP contribution < -0.4 is 24.8 Å². The molecule has 1 amide bonds. The number of carbonyl (C=O) groups is 1. The van der Waals surface area contributed by atoms with Crippen LogP contribution in [0.2, 0.25) is 0 Å².